The topological polar surface area (TPSA) is 50.2 Å². The van der Waals surface area contributed by atoms with E-state index in [2.05, 4.69) is 105 Å². The molecule has 2 aliphatic rings. The number of fused-ring (bicyclic) bond motifs is 4. The molecule has 5 heteroatoms. The minimum Gasteiger partial charge on any atom is -0.512 e. The van der Waals surface area contributed by atoms with Crippen LogP contribution in [0.3, 0.4) is 0 Å². The third-order valence-electron chi connectivity index (χ3n) is 7.94. The summed E-state index contributed by atoms with van der Waals surface area (Å²) < 4.78 is 0. The summed E-state index contributed by atoms with van der Waals surface area (Å²) in [5.74, 6) is -0.0625. The van der Waals surface area contributed by atoms with Crippen molar-refractivity contribution in [2.75, 3.05) is 0 Å². The quantitative estimate of drug-likeness (QED) is 0.133. The summed E-state index contributed by atoms with van der Waals surface area (Å²) in [6, 6.07) is 30.4. The van der Waals surface area contributed by atoms with Crippen molar-refractivity contribution in [1.82, 2.24) is 4.98 Å². The van der Waals surface area contributed by atoms with Gasteiger partial charge in [-0.3, -0.25) is 4.79 Å². The van der Waals surface area contributed by atoms with Crippen molar-refractivity contribution in [3.63, 3.8) is 0 Å². The standard InChI is InChI=1S/C29H25BN.C5H8O2.Ir/c1-28(2)20-11-5-7-13-24(20)30-25-14-8-6-12-21(25)29(3,4)23-18-19(17-22(28)27(23)30)26-15-9-10-16-31-26;1-4(6)3-5(2)7;/h5-17H,1-4H3;3,6H,1-2H3;/q-1;;/b;4-3-;. The van der Waals surface area contributed by atoms with Crippen LogP contribution in [0.2, 0.25) is 0 Å². The molecule has 0 spiro atoms. The zero-order valence-electron chi connectivity index (χ0n) is 23.3. The van der Waals surface area contributed by atoms with Gasteiger partial charge in [-0.05, 0) is 47.6 Å². The summed E-state index contributed by atoms with van der Waals surface area (Å²) in [7, 11) is 0. The maximum absolute atomic E-state index is 10.0. The van der Waals surface area contributed by atoms with E-state index in [-0.39, 0.29) is 49.2 Å². The van der Waals surface area contributed by atoms with Crippen LogP contribution in [0.4, 0.5) is 0 Å². The Bertz CT molecular complexity index is 1490. The Morgan fingerprint density at radius 2 is 1.41 bits per heavy atom. The van der Waals surface area contributed by atoms with Gasteiger partial charge < -0.3 is 10.1 Å². The number of ketones is 1. The normalized spacial score (nSPS) is 15.4. The first-order valence-corrected chi connectivity index (χ1v) is 13.1. The van der Waals surface area contributed by atoms with Crippen LogP contribution in [0.25, 0.3) is 11.3 Å². The fourth-order valence-corrected chi connectivity index (χ4v) is 6.25. The van der Waals surface area contributed by atoms with Gasteiger partial charge in [0.1, 0.15) is 0 Å². The molecule has 0 fully saturated rings. The van der Waals surface area contributed by atoms with E-state index in [1.54, 1.807) is 0 Å². The first kappa shape index (κ1) is 28.7. The molecule has 39 heavy (non-hydrogen) atoms. The van der Waals surface area contributed by atoms with Crippen molar-refractivity contribution in [1.29, 1.82) is 0 Å². The molecule has 6 rings (SSSR count). The monoisotopic (exact) mass is 691 g/mol. The SMILES string of the molecule is CC(=O)/C=C(/C)O.CC1(C)c2[c-]c(-c3ccccn3)cc3c2B(c2ccccc21)c1ccccc1C3(C)C.[Ir]. The Morgan fingerprint density at radius 1 is 0.846 bits per heavy atom. The van der Waals surface area contributed by atoms with E-state index in [0.717, 1.165) is 11.3 Å². The minimum atomic E-state index is -0.125. The van der Waals surface area contributed by atoms with Crippen LogP contribution < -0.4 is 16.4 Å². The molecule has 0 amide bonds. The number of rotatable bonds is 2. The first-order valence-electron chi connectivity index (χ1n) is 13.1. The van der Waals surface area contributed by atoms with Gasteiger partial charge in [-0.2, -0.15) is 0 Å². The zero-order valence-corrected chi connectivity index (χ0v) is 25.7. The van der Waals surface area contributed by atoms with Gasteiger partial charge in [0, 0.05) is 32.4 Å². The molecule has 3 nitrogen and oxygen atoms in total. The molecule has 0 atom stereocenters. The minimum absolute atomic E-state index is 0. The fourth-order valence-electron chi connectivity index (χ4n) is 6.25. The number of aliphatic hydroxyl groups is 1. The Kier molecular flexibility index (Phi) is 7.90. The van der Waals surface area contributed by atoms with Crippen LogP contribution in [0.1, 0.15) is 63.8 Å². The summed E-state index contributed by atoms with van der Waals surface area (Å²) in [6.45, 7) is 12.5. The number of pyridine rings is 1. The number of carbonyl (C=O) groups is 1. The van der Waals surface area contributed by atoms with Gasteiger partial charge in [0.25, 0.3) is 0 Å². The number of aliphatic hydroxyl groups excluding tert-OH is 1. The van der Waals surface area contributed by atoms with Crippen LogP contribution >= 0.6 is 0 Å². The average molecular weight is 691 g/mol. The van der Waals surface area contributed by atoms with Crippen LogP contribution in [0.5, 0.6) is 0 Å². The second-order valence-electron chi connectivity index (χ2n) is 11.4. The fraction of sp³-hybridized carbons (Fsp3) is 0.235. The molecule has 3 aromatic carbocycles. The molecule has 1 aromatic heterocycles. The Hall–Kier alpha value is -3.27. The van der Waals surface area contributed by atoms with Crippen LogP contribution in [-0.4, -0.2) is 22.6 Å². The van der Waals surface area contributed by atoms with Crippen molar-refractivity contribution in [3.8, 4) is 11.3 Å². The van der Waals surface area contributed by atoms with Crippen molar-refractivity contribution < 1.29 is 30.0 Å². The molecule has 2 aliphatic heterocycles. The van der Waals surface area contributed by atoms with E-state index in [0.29, 0.717) is 0 Å². The molecule has 1 radical (unpaired) electrons. The van der Waals surface area contributed by atoms with Gasteiger partial charge in [0.05, 0.1) is 5.76 Å². The third-order valence-corrected chi connectivity index (χ3v) is 7.94. The Labute approximate surface area is 245 Å². The van der Waals surface area contributed by atoms with E-state index in [9.17, 15) is 4.79 Å². The number of nitrogens with zero attached hydrogens (tertiary/aromatic N) is 1. The summed E-state index contributed by atoms with van der Waals surface area (Å²) in [5, 5.41) is 8.36. The van der Waals surface area contributed by atoms with Crippen LogP contribution in [-0.2, 0) is 35.7 Å². The summed E-state index contributed by atoms with van der Waals surface area (Å²) in [5.41, 5.74) is 11.7. The predicted octanol–water partition coefficient (Wildman–Crippen LogP) is 5.38. The second kappa shape index (κ2) is 10.7. The smallest absolute Gasteiger partial charge is 0.192 e. The predicted molar refractivity (Wildman–Crippen MR) is 157 cm³/mol. The molecular formula is C34H33BIrNO2-. The summed E-state index contributed by atoms with van der Waals surface area (Å²) in [6.07, 6.45) is 3.04. The van der Waals surface area contributed by atoms with Gasteiger partial charge in [-0.1, -0.05) is 99.3 Å². The van der Waals surface area contributed by atoms with Crippen LogP contribution in [0.15, 0.2) is 90.8 Å². The molecule has 3 heterocycles. The molecule has 0 bridgehead atoms. The number of allylic oxidation sites excluding steroid dienone is 2. The number of carbonyl (C=O) groups excluding carboxylic acids is 1. The van der Waals surface area contributed by atoms with Crippen LogP contribution in [0, 0.1) is 6.07 Å². The van der Waals surface area contributed by atoms with E-state index in [1.807, 2.05) is 12.3 Å². The van der Waals surface area contributed by atoms with E-state index in [4.69, 9.17) is 5.11 Å². The zero-order chi connectivity index (χ0) is 27.2. The van der Waals surface area contributed by atoms with Gasteiger partial charge >= 0.3 is 0 Å². The third kappa shape index (κ3) is 4.95. The molecule has 0 saturated carbocycles. The largest absolute Gasteiger partial charge is 0.512 e. The average Bonchev–Trinajstić information content (AvgIpc) is 2.88. The molecular weight excluding hydrogens is 657 g/mol. The number of hydrogen-bond acceptors (Lipinski definition) is 3. The maximum atomic E-state index is 10.0. The Morgan fingerprint density at radius 3 is 1.92 bits per heavy atom. The van der Waals surface area contributed by atoms with E-state index >= 15 is 0 Å². The number of aromatic nitrogens is 1. The molecule has 0 aliphatic carbocycles. The van der Waals surface area contributed by atoms with Crippen molar-refractivity contribution in [2.24, 2.45) is 0 Å². The summed E-state index contributed by atoms with van der Waals surface area (Å²) in [4.78, 5) is 14.7. The maximum Gasteiger partial charge on any atom is 0.192 e. The van der Waals surface area contributed by atoms with Gasteiger partial charge in [0.2, 0.25) is 0 Å². The number of benzene rings is 3. The van der Waals surface area contributed by atoms with Crippen molar-refractivity contribution in [3.05, 3.63) is 119 Å². The summed E-state index contributed by atoms with van der Waals surface area (Å²) >= 11 is 0. The molecule has 1 N–H and O–H groups in total. The molecule has 0 saturated heterocycles. The molecule has 0 unspecified atom stereocenters. The van der Waals surface area contributed by atoms with Crippen molar-refractivity contribution >= 4 is 28.9 Å². The van der Waals surface area contributed by atoms with Crippen molar-refractivity contribution in [2.45, 2.75) is 52.4 Å². The molecule has 4 aromatic rings. The van der Waals surface area contributed by atoms with Gasteiger partial charge in [0.15, 0.2) is 12.5 Å². The van der Waals surface area contributed by atoms with Gasteiger partial charge in [-0.25, -0.2) is 0 Å². The van der Waals surface area contributed by atoms with Gasteiger partial charge in [-0.15, -0.1) is 34.3 Å². The first-order chi connectivity index (χ1) is 18.0. The number of hydrogen-bond donors (Lipinski definition) is 1. The Balaban J connectivity index is 0.000000394. The second-order valence-corrected chi connectivity index (χ2v) is 11.4. The molecule has 199 valence electrons. The van der Waals surface area contributed by atoms with E-state index in [1.165, 1.54) is 58.6 Å². The van der Waals surface area contributed by atoms with E-state index < -0.39 is 0 Å².